The molecule has 18 heavy (non-hydrogen) atoms. The highest BCUT2D eigenvalue weighted by atomic mass is 16.5. The largest absolute Gasteiger partial charge is 0.497 e. The van der Waals surface area contributed by atoms with Crippen LogP contribution in [0.15, 0.2) is 30.0 Å². The molecule has 1 rings (SSSR count). The molecule has 5 nitrogen and oxygen atoms in total. The molecule has 0 radical (unpaired) electrons. The van der Waals surface area contributed by atoms with Crippen LogP contribution in [0.5, 0.6) is 11.5 Å². The van der Waals surface area contributed by atoms with E-state index in [1.54, 1.807) is 38.6 Å². The number of amides is 2. The van der Waals surface area contributed by atoms with Crippen LogP contribution in [0.4, 0.5) is 10.5 Å². The number of nitrogens with one attached hydrogen (secondary N) is 2. The van der Waals surface area contributed by atoms with Crippen molar-refractivity contribution in [2.45, 2.75) is 13.8 Å². The number of allylic oxidation sites excluding steroid dienone is 1. The summed E-state index contributed by atoms with van der Waals surface area (Å²) in [6.45, 7) is 3.79. The van der Waals surface area contributed by atoms with Crippen molar-refractivity contribution in [3.05, 3.63) is 30.0 Å². The molecule has 0 fully saturated rings. The fourth-order valence-electron chi connectivity index (χ4n) is 1.28. The molecule has 5 heteroatoms. The van der Waals surface area contributed by atoms with Crippen LogP contribution < -0.4 is 20.1 Å². The summed E-state index contributed by atoms with van der Waals surface area (Å²) in [5.41, 5.74) is 1.55. The zero-order valence-corrected chi connectivity index (χ0v) is 11.0. The first-order valence-corrected chi connectivity index (χ1v) is 5.49. The van der Waals surface area contributed by atoms with Crippen molar-refractivity contribution in [1.82, 2.24) is 5.32 Å². The summed E-state index contributed by atoms with van der Waals surface area (Å²) >= 11 is 0. The zero-order chi connectivity index (χ0) is 13.5. The Kier molecular flexibility index (Phi) is 5.05. The molecular formula is C13H18N2O3. The third-order valence-corrected chi connectivity index (χ3v) is 2.15. The van der Waals surface area contributed by atoms with Gasteiger partial charge in [0.25, 0.3) is 0 Å². The Balaban J connectivity index is 2.81. The Labute approximate surface area is 107 Å². The SMILES string of the molecule is COc1ccc(OC)c(NC(=O)NC=C(C)C)c1. The highest BCUT2D eigenvalue weighted by molar-refractivity contribution is 5.91. The lowest BCUT2D eigenvalue weighted by Crippen LogP contribution is -2.24. The molecule has 2 amide bonds. The number of anilines is 1. The molecule has 0 atom stereocenters. The molecule has 0 heterocycles. The van der Waals surface area contributed by atoms with E-state index in [9.17, 15) is 4.79 Å². The quantitative estimate of drug-likeness (QED) is 0.863. The summed E-state index contributed by atoms with van der Waals surface area (Å²) in [6, 6.07) is 4.86. The van der Waals surface area contributed by atoms with Gasteiger partial charge in [-0.1, -0.05) is 5.57 Å². The summed E-state index contributed by atoms with van der Waals surface area (Å²) in [5.74, 6) is 1.22. The van der Waals surface area contributed by atoms with Crippen LogP contribution in [0.25, 0.3) is 0 Å². The lowest BCUT2D eigenvalue weighted by molar-refractivity contribution is 0.255. The standard InChI is InChI=1S/C13H18N2O3/c1-9(2)8-14-13(16)15-11-7-10(17-3)5-6-12(11)18-4/h5-8H,1-4H3,(H2,14,15,16). The topological polar surface area (TPSA) is 59.6 Å². The molecule has 0 saturated heterocycles. The van der Waals surface area contributed by atoms with Crippen molar-refractivity contribution in [2.75, 3.05) is 19.5 Å². The molecule has 98 valence electrons. The number of urea groups is 1. The summed E-state index contributed by atoms with van der Waals surface area (Å²) < 4.78 is 10.3. The maximum atomic E-state index is 11.6. The molecule has 0 unspecified atom stereocenters. The van der Waals surface area contributed by atoms with E-state index in [-0.39, 0.29) is 6.03 Å². The molecule has 0 aliphatic heterocycles. The Hall–Kier alpha value is -2.17. The van der Waals surface area contributed by atoms with Crippen molar-refractivity contribution in [3.8, 4) is 11.5 Å². The highest BCUT2D eigenvalue weighted by Crippen LogP contribution is 2.28. The third kappa shape index (κ3) is 4.01. The minimum atomic E-state index is -0.331. The van der Waals surface area contributed by atoms with E-state index < -0.39 is 0 Å². The van der Waals surface area contributed by atoms with Crippen LogP contribution >= 0.6 is 0 Å². The van der Waals surface area contributed by atoms with Gasteiger partial charge in [-0.05, 0) is 26.0 Å². The Bertz CT molecular complexity index is 452. The summed E-state index contributed by atoms with van der Waals surface area (Å²) in [5, 5.41) is 5.30. The molecule has 0 saturated carbocycles. The van der Waals surface area contributed by atoms with Crippen molar-refractivity contribution in [1.29, 1.82) is 0 Å². The molecule has 0 spiro atoms. The Morgan fingerprint density at radius 2 is 1.94 bits per heavy atom. The average molecular weight is 250 g/mol. The van der Waals surface area contributed by atoms with Crippen molar-refractivity contribution in [2.24, 2.45) is 0 Å². The first-order chi connectivity index (χ1) is 8.56. The minimum absolute atomic E-state index is 0.331. The van der Waals surface area contributed by atoms with Gasteiger partial charge in [-0.2, -0.15) is 0 Å². The van der Waals surface area contributed by atoms with Gasteiger partial charge in [0.15, 0.2) is 0 Å². The van der Waals surface area contributed by atoms with Crippen LogP contribution in [0.3, 0.4) is 0 Å². The third-order valence-electron chi connectivity index (χ3n) is 2.15. The number of carbonyl (C=O) groups is 1. The predicted octanol–water partition coefficient (Wildman–Crippen LogP) is 2.75. The number of hydrogen-bond acceptors (Lipinski definition) is 3. The summed E-state index contributed by atoms with van der Waals surface area (Å²) in [6.07, 6.45) is 1.63. The number of rotatable bonds is 4. The van der Waals surface area contributed by atoms with E-state index >= 15 is 0 Å². The number of carbonyl (C=O) groups excluding carboxylic acids is 1. The van der Waals surface area contributed by atoms with Gasteiger partial charge in [0, 0.05) is 12.3 Å². The summed E-state index contributed by atoms with van der Waals surface area (Å²) in [4.78, 5) is 11.6. The molecule has 0 aliphatic rings. The van der Waals surface area contributed by atoms with E-state index in [0.717, 1.165) is 5.57 Å². The van der Waals surface area contributed by atoms with Crippen LogP contribution in [-0.2, 0) is 0 Å². The lowest BCUT2D eigenvalue weighted by atomic mass is 10.2. The van der Waals surface area contributed by atoms with Crippen LogP contribution in [-0.4, -0.2) is 20.3 Å². The highest BCUT2D eigenvalue weighted by Gasteiger charge is 2.07. The predicted molar refractivity (Wildman–Crippen MR) is 71.1 cm³/mol. The fourth-order valence-corrected chi connectivity index (χ4v) is 1.28. The fraction of sp³-hybridized carbons (Fsp3) is 0.308. The molecule has 2 N–H and O–H groups in total. The molecule has 0 aromatic heterocycles. The van der Waals surface area contributed by atoms with E-state index in [0.29, 0.717) is 17.2 Å². The van der Waals surface area contributed by atoms with Crippen molar-refractivity contribution < 1.29 is 14.3 Å². The van der Waals surface area contributed by atoms with Gasteiger partial charge in [0.2, 0.25) is 0 Å². The second-order valence-electron chi connectivity index (χ2n) is 3.89. The lowest BCUT2D eigenvalue weighted by Gasteiger charge is -2.11. The van der Waals surface area contributed by atoms with Gasteiger partial charge in [-0.25, -0.2) is 4.79 Å². The van der Waals surface area contributed by atoms with E-state index in [1.807, 2.05) is 13.8 Å². The van der Waals surface area contributed by atoms with Gasteiger partial charge in [-0.3, -0.25) is 0 Å². The minimum Gasteiger partial charge on any atom is -0.497 e. The second-order valence-corrected chi connectivity index (χ2v) is 3.89. The van der Waals surface area contributed by atoms with E-state index in [4.69, 9.17) is 9.47 Å². The number of benzene rings is 1. The zero-order valence-electron chi connectivity index (χ0n) is 11.0. The van der Waals surface area contributed by atoms with E-state index in [1.165, 1.54) is 0 Å². The molecule has 1 aromatic carbocycles. The van der Waals surface area contributed by atoms with Crippen LogP contribution in [0, 0.1) is 0 Å². The maximum Gasteiger partial charge on any atom is 0.323 e. The number of hydrogen-bond donors (Lipinski definition) is 2. The summed E-state index contributed by atoms with van der Waals surface area (Å²) in [7, 11) is 3.11. The number of methoxy groups -OCH3 is 2. The Morgan fingerprint density at radius 1 is 1.22 bits per heavy atom. The van der Waals surface area contributed by atoms with Gasteiger partial charge >= 0.3 is 6.03 Å². The molecule has 0 aliphatic carbocycles. The van der Waals surface area contributed by atoms with Gasteiger partial charge in [0.05, 0.1) is 19.9 Å². The monoisotopic (exact) mass is 250 g/mol. The van der Waals surface area contributed by atoms with Crippen LogP contribution in [0.1, 0.15) is 13.8 Å². The van der Waals surface area contributed by atoms with Gasteiger partial charge in [-0.15, -0.1) is 0 Å². The Morgan fingerprint density at radius 3 is 2.50 bits per heavy atom. The van der Waals surface area contributed by atoms with E-state index in [2.05, 4.69) is 10.6 Å². The average Bonchev–Trinajstić information content (AvgIpc) is 2.36. The number of ether oxygens (including phenoxy) is 2. The molecule has 0 bridgehead atoms. The smallest absolute Gasteiger partial charge is 0.323 e. The second kappa shape index (κ2) is 6.54. The first-order valence-electron chi connectivity index (χ1n) is 5.49. The molecular weight excluding hydrogens is 232 g/mol. The van der Waals surface area contributed by atoms with Crippen molar-refractivity contribution >= 4 is 11.7 Å². The van der Waals surface area contributed by atoms with Crippen LogP contribution in [0.2, 0.25) is 0 Å². The van der Waals surface area contributed by atoms with Gasteiger partial charge < -0.3 is 20.1 Å². The first kappa shape index (κ1) is 13.9. The maximum absolute atomic E-state index is 11.6. The van der Waals surface area contributed by atoms with Crippen molar-refractivity contribution in [3.63, 3.8) is 0 Å². The normalized spacial score (nSPS) is 9.33. The molecule has 1 aromatic rings. The van der Waals surface area contributed by atoms with Gasteiger partial charge in [0.1, 0.15) is 11.5 Å².